The summed E-state index contributed by atoms with van der Waals surface area (Å²) in [5.41, 5.74) is 2.76. The minimum absolute atomic E-state index is 0.0161. The van der Waals surface area contributed by atoms with Gasteiger partial charge in [-0.15, -0.1) is 0 Å². The van der Waals surface area contributed by atoms with E-state index in [1.54, 1.807) is 33.7 Å². The molecule has 10 heteroatoms. The summed E-state index contributed by atoms with van der Waals surface area (Å²) < 4.78 is 32.9. The van der Waals surface area contributed by atoms with Gasteiger partial charge < -0.3 is 9.64 Å². The average Bonchev–Trinajstić information content (AvgIpc) is 3.28. The molecule has 5 rings (SSSR count). The van der Waals surface area contributed by atoms with Gasteiger partial charge in [-0.2, -0.15) is 3.97 Å². The van der Waals surface area contributed by atoms with Crippen LogP contribution in [0.25, 0.3) is 11.0 Å². The molecule has 0 N–H and O–H groups in total. The molecule has 0 radical (unpaired) electrons. The number of aromatic nitrogens is 2. The predicted molar refractivity (Wildman–Crippen MR) is 159 cm³/mol. The highest BCUT2D eigenvalue weighted by Crippen LogP contribution is 2.26. The Morgan fingerprint density at radius 2 is 1.39 bits per heavy atom. The third kappa shape index (κ3) is 6.55. The van der Waals surface area contributed by atoms with Gasteiger partial charge in [0.15, 0.2) is 0 Å². The zero-order valence-corrected chi connectivity index (χ0v) is 24.2. The molecule has 1 saturated heterocycles. The fourth-order valence-electron chi connectivity index (χ4n) is 5.52. The van der Waals surface area contributed by atoms with Crippen LogP contribution in [0.4, 0.5) is 4.79 Å². The lowest BCUT2D eigenvalue weighted by Crippen LogP contribution is -2.43. The summed E-state index contributed by atoms with van der Waals surface area (Å²) in [6.07, 6.45) is 1.71. The first kappa shape index (κ1) is 28.6. The number of hydrogen-bond acceptors (Lipinski definition) is 6. The van der Waals surface area contributed by atoms with Gasteiger partial charge in [-0.1, -0.05) is 72.8 Å². The van der Waals surface area contributed by atoms with E-state index in [9.17, 15) is 18.0 Å². The summed E-state index contributed by atoms with van der Waals surface area (Å²) >= 11 is 0. The van der Waals surface area contributed by atoms with E-state index >= 15 is 0 Å². The number of imidazole rings is 1. The fourth-order valence-corrected chi connectivity index (χ4v) is 6.40. The highest BCUT2D eigenvalue weighted by atomic mass is 32.2. The number of para-hydroxylation sites is 2. The summed E-state index contributed by atoms with van der Waals surface area (Å²) in [5.74, 6) is 0. The molecule has 41 heavy (non-hydrogen) atoms. The van der Waals surface area contributed by atoms with Gasteiger partial charge >= 0.3 is 11.8 Å². The monoisotopic (exact) mass is 576 g/mol. The molecular weight excluding hydrogens is 540 g/mol. The molecule has 4 aromatic rings. The van der Waals surface area contributed by atoms with E-state index < -0.39 is 15.7 Å². The number of fused-ring (bicyclic) bond motifs is 1. The lowest BCUT2D eigenvalue weighted by atomic mass is 10.0. The maximum atomic E-state index is 13.2. The van der Waals surface area contributed by atoms with E-state index in [1.807, 2.05) is 36.4 Å². The van der Waals surface area contributed by atoms with Crippen LogP contribution in [0.3, 0.4) is 0 Å². The van der Waals surface area contributed by atoms with Crippen LogP contribution in [0.1, 0.15) is 36.9 Å². The van der Waals surface area contributed by atoms with E-state index in [0.29, 0.717) is 37.0 Å². The van der Waals surface area contributed by atoms with E-state index in [2.05, 4.69) is 36.1 Å². The molecule has 0 aliphatic carbocycles. The fraction of sp³-hybridized carbons (Fsp3) is 0.355. The maximum absolute atomic E-state index is 13.2. The van der Waals surface area contributed by atoms with Crippen LogP contribution in [0.15, 0.2) is 89.7 Å². The molecule has 1 amide bonds. The second-order valence-corrected chi connectivity index (χ2v) is 12.5. The van der Waals surface area contributed by atoms with Crippen LogP contribution in [0, 0.1) is 0 Å². The largest absolute Gasteiger partial charge is 0.448 e. The van der Waals surface area contributed by atoms with Gasteiger partial charge in [0.25, 0.3) is 0 Å². The number of likely N-dealkylation sites (tertiary alicyclic amines) is 1. The number of piperidine rings is 1. The van der Waals surface area contributed by atoms with E-state index in [4.69, 9.17) is 4.74 Å². The number of carbonyl (C=O) groups excluding carboxylic acids is 1. The molecule has 0 bridgehead atoms. The Kier molecular flexibility index (Phi) is 8.60. The third-order valence-electron chi connectivity index (χ3n) is 7.69. The van der Waals surface area contributed by atoms with Crippen LogP contribution >= 0.6 is 0 Å². The minimum Gasteiger partial charge on any atom is -0.448 e. The van der Waals surface area contributed by atoms with Crippen molar-refractivity contribution in [3.05, 3.63) is 107 Å². The van der Waals surface area contributed by atoms with Gasteiger partial charge in [0.05, 0.1) is 17.3 Å². The summed E-state index contributed by atoms with van der Waals surface area (Å²) in [6.45, 7) is 4.61. The van der Waals surface area contributed by atoms with Gasteiger partial charge in [-0.3, -0.25) is 9.47 Å². The summed E-state index contributed by atoms with van der Waals surface area (Å²) in [7, 11) is -3.77. The smallest absolute Gasteiger partial charge is 0.409 e. The molecule has 1 aromatic heterocycles. The Hall–Kier alpha value is -3.89. The summed E-state index contributed by atoms with van der Waals surface area (Å²) in [6, 6.07) is 27.2. The van der Waals surface area contributed by atoms with E-state index in [1.165, 1.54) is 11.1 Å². The number of carbonyl (C=O) groups is 1. The highest BCUT2D eigenvalue weighted by molar-refractivity contribution is 7.89. The van der Waals surface area contributed by atoms with E-state index in [-0.39, 0.29) is 24.8 Å². The summed E-state index contributed by atoms with van der Waals surface area (Å²) in [5, 5.41) is 0. The Bertz CT molecular complexity index is 1600. The first-order valence-corrected chi connectivity index (χ1v) is 15.7. The Labute approximate surface area is 240 Å². The lowest BCUT2D eigenvalue weighted by molar-refractivity contribution is 0.0567. The number of benzene rings is 3. The van der Waals surface area contributed by atoms with Crippen molar-refractivity contribution in [1.82, 2.24) is 18.3 Å². The molecule has 0 saturated carbocycles. The van der Waals surface area contributed by atoms with Crippen molar-refractivity contribution >= 4 is 27.1 Å². The van der Waals surface area contributed by atoms with Crippen LogP contribution < -0.4 is 5.69 Å². The number of ether oxygens (including phenoxy) is 1. The molecule has 3 aromatic carbocycles. The first-order valence-electron chi connectivity index (χ1n) is 13.9. The second-order valence-electron chi connectivity index (χ2n) is 10.7. The zero-order chi connectivity index (χ0) is 29.0. The molecule has 0 spiro atoms. The standard InChI is InChI=1S/C31H36N4O5S/c1-24(33(21-25-11-5-3-6-12-25)22-26-13-7-4-8-14-26)23-40-31(37)32-19-17-27(18-20-32)34-28-15-9-10-16-29(28)35(30(34)36)41(2,38)39/h3-16,24,27H,17-23H2,1-2H3/t24-/m0/s1. The third-order valence-corrected chi connectivity index (χ3v) is 8.70. The second kappa shape index (κ2) is 12.3. The molecule has 1 fully saturated rings. The Morgan fingerprint density at radius 3 is 1.93 bits per heavy atom. The van der Waals surface area contributed by atoms with Crippen LogP contribution in [-0.2, 0) is 27.8 Å². The van der Waals surface area contributed by atoms with Gasteiger partial charge in [-0.05, 0) is 43.0 Å². The van der Waals surface area contributed by atoms with Crippen molar-refractivity contribution in [2.24, 2.45) is 0 Å². The van der Waals surface area contributed by atoms with Gasteiger partial charge in [0, 0.05) is 38.3 Å². The van der Waals surface area contributed by atoms with E-state index in [0.717, 1.165) is 23.3 Å². The number of hydrogen-bond donors (Lipinski definition) is 0. The van der Waals surface area contributed by atoms with Gasteiger partial charge in [0.2, 0.25) is 10.0 Å². The molecular formula is C31H36N4O5S. The van der Waals surface area contributed by atoms with Gasteiger partial charge in [-0.25, -0.2) is 18.0 Å². The first-order chi connectivity index (χ1) is 19.7. The molecule has 2 heterocycles. The summed E-state index contributed by atoms with van der Waals surface area (Å²) in [4.78, 5) is 30.2. The normalized spacial score (nSPS) is 15.3. The number of nitrogens with zero attached hydrogens (tertiary/aromatic N) is 4. The van der Waals surface area contributed by atoms with Crippen molar-refractivity contribution in [3.63, 3.8) is 0 Å². The minimum atomic E-state index is -3.77. The Morgan fingerprint density at radius 1 is 0.878 bits per heavy atom. The van der Waals surface area contributed by atoms with Crippen molar-refractivity contribution in [1.29, 1.82) is 0 Å². The van der Waals surface area contributed by atoms with Crippen molar-refractivity contribution in [2.45, 2.75) is 44.9 Å². The van der Waals surface area contributed by atoms with Crippen molar-refractivity contribution in [3.8, 4) is 0 Å². The zero-order valence-electron chi connectivity index (χ0n) is 23.4. The lowest BCUT2D eigenvalue weighted by Gasteiger charge is -2.33. The maximum Gasteiger partial charge on any atom is 0.409 e. The van der Waals surface area contributed by atoms with Crippen LogP contribution in [0.2, 0.25) is 0 Å². The molecule has 1 atom stereocenters. The predicted octanol–water partition coefficient (Wildman–Crippen LogP) is 4.48. The quantitative estimate of drug-likeness (QED) is 0.292. The van der Waals surface area contributed by atoms with Crippen LogP contribution in [0.5, 0.6) is 0 Å². The van der Waals surface area contributed by atoms with Gasteiger partial charge in [0.1, 0.15) is 6.61 Å². The molecule has 1 aliphatic rings. The Balaban J connectivity index is 1.22. The number of amides is 1. The number of rotatable bonds is 9. The van der Waals surface area contributed by atoms with Crippen molar-refractivity contribution < 1.29 is 17.9 Å². The highest BCUT2D eigenvalue weighted by Gasteiger charge is 2.30. The molecule has 0 unspecified atom stereocenters. The topological polar surface area (TPSA) is 93.8 Å². The molecule has 9 nitrogen and oxygen atoms in total. The van der Waals surface area contributed by atoms with Crippen LogP contribution in [-0.4, -0.2) is 64.8 Å². The SMILES string of the molecule is C[C@@H](COC(=O)N1CCC(n2c(=O)n(S(C)(=O)=O)c3ccccc32)CC1)N(Cc1ccccc1)Cc1ccccc1. The van der Waals surface area contributed by atoms with Crippen molar-refractivity contribution in [2.75, 3.05) is 26.0 Å². The molecule has 1 aliphatic heterocycles. The molecule has 216 valence electrons. The average molecular weight is 577 g/mol.